The zero-order chi connectivity index (χ0) is 11.7. The lowest BCUT2D eigenvalue weighted by atomic mass is 10.2. The fourth-order valence-corrected chi connectivity index (χ4v) is 2.18. The minimum absolute atomic E-state index is 0.724. The molecule has 3 N–H and O–H groups in total. The van der Waals surface area contributed by atoms with Gasteiger partial charge < -0.3 is 11.1 Å². The SMILES string of the molecule is Cc1nn(C)c(C)c1CNc1ncc(N)s1. The molecule has 2 aromatic heterocycles. The average molecular weight is 237 g/mol. The summed E-state index contributed by atoms with van der Waals surface area (Å²) in [5.74, 6) is 0. The normalized spacial score (nSPS) is 10.7. The summed E-state index contributed by atoms with van der Waals surface area (Å²) in [5.41, 5.74) is 9.06. The summed E-state index contributed by atoms with van der Waals surface area (Å²) >= 11 is 1.45. The second kappa shape index (κ2) is 4.13. The average Bonchev–Trinajstić information content (AvgIpc) is 2.72. The molecule has 0 atom stereocenters. The molecule has 5 nitrogen and oxygen atoms in total. The van der Waals surface area contributed by atoms with E-state index in [2.05, 4.69) is 22.3 Å². The first-order valence-corrected chi connectivity index (χ1v) is 5.84. The quantitative estimate of drug-likeness (QED) is 0.852. The highest BCUT2D eigenvalue weighted by Gasteiger charge is 2.09. The zero-order valence-electron chi connectivity index (χ0n) is 9.61. The van der Waals surface area contributed by atoms with Crippen LogP contribution in [0.2, 0.25) is 0 Å². The van der Waals surface area contributed by atoms with E-state index in [4.69, 9.17) is 5.73 Å². The van der Waals surface area contributed by atoms with Gasteiger partial charge in [-0.05, 0) is 13.8 Å². The summed E-state index contributed by atoms with van der Waals surface area (Å²) in [7, 11) is 1.95. The van der Waals surface area contributed by atoms with Crippen molar-refractivity contribution in [3.05, 3.63) is 23.1 Å². The molecule has 16 heavy (non-hydrogen) atoms. The highest BCUT2D eigenvalue weighted by atomic mass is 32.1. The molecule has 0 saturated heterocycles. The van der Waals surface area contributed by atoms with E-state index in [0.29, 0.717) is 0 Å². The van der Waals surface area contributed by atoms with Crippen molar-refractivity contribution in [1.82, 2.24) is 14.8 Å². The van der Waals surface area contributed by atoms with Gasteiger partial charge in [-0.3, -0.25) is 4.68 Å². The lowest BCUT2D eigenvalue weighted by Gasteiger charge is -2.03. The summed E-state index contributed by atoms with van der Waals surface area (Å²) in [6.45, 7) is 4.81. The van der Waals surface area contributed by atoms with Crippen LogP contribution in [0.3, 0.4) is 0 Å². The van der Waals surface area contributed by atoms with Crippen molar-refractivity contribution < 1.29 is 0 Å². The molecule has 2 aromatic rings. The maximum Gasteiger partial charge on any atom is 0.184 e. The third-order valence-corrected chi connectivity index (χ3v) is 3.38. The molecule has 2 heterocycles. The second-order valence-electron chi connectivity index (χ2n) is 3.69. The number of hydrogen-bond donors (Lipinski definition) is 2. The number of nitrogens with one attached hydrogen (secondary N) is 1. The van der Waals surface area contributed by atoms with Crippen LogP contribution in [0.1, 0.15) is 17.0 Å². The zero-order valence-corrected chi connectivity index (χ0v) is 10.4. The van der Waals surface area contributed by atoms with Gasteiger partial charge in [0.1, 0.15) is 5.00 Å². The van der Waals surface area contributed by atoms with Gasteiger partial charge >= 0.3 is 0 Å². The number of aryl methyl sites for hydroxylation is 2. The third-order valence-electron chi connectivity index (χ3n) is 2.60. The number of hydrogen-bond acceptors (Lipinski definition) is 5. The van der Waals surface area contributed by atoms with E-state index < -0.39 is 0 Å². The molecule has 86 valence electrons. The first-order chi connectivity index (χ1) is 7.58. The van der Waals surface area contributed by atoms with E-state index >= 15 is 0 Å². The summed E-state index contributed by atoms with van der Waals surface area (Å²) < 4.78 is 1.89. The van der Waals surface area contributed by atoms with Crippen LogP contribution in [0.15, 0.2) is 6.20 Å². The molecule has 0 aliphatic carbocycles. The van der Waals surface area contributed by atoms with Crippen LogP contribution >= 0.6 is 11.3 Å². The van der Waals surface area contributed by atoms with Crippen LogP contribution in [-0.4, -0.2) is 14.8 Å². The highest BCUT2D eigenvalue weighted by Crippen LogP contribution is 2.21. The molecule has 0 unspecified atom stereocenters. The predicted molar refractivity (Wildman–Crippen MR) is 66.5 cm³/mol. The number of rotatable bonds is 3. The van der Waals surface area contributed by atoms with E-state index in [-0.39, 0.29) is 0 Å². The Bertz CT molecular complexity index is 499. The molecule has 0 amide bonds. The van der Waals surface area contributed by atoms with Gasteiger partial charge in [-0.2, -0.15) is 5.10 Å². The molecule has 0 radical (unpaired) electrons. The maximum atomic E-state index is 5.61. The summed E-state index contributed by atoms with van der Waals surface area (Å²) in [5, 5.41) is 9.19. The number of thiazole rings is 1. The molecule has 0 bridgehead atoms. The molecule has 0 aliphatic heterocycles. The monoisotopic (exact) mass is 237 g/mol. The molecule has 0 saturated carbocycles. The molecule has 0 aromatic carbocycles. The van der Waals surface area contributed by atoms with Crippen LogP contribution in [0.4, 0.5) is 10.1 Å². The third kappa shape index (κ3) is 2.01. The number of nitrogens with zero attached hydrogens (tertiary/aromatic N) is 3. The fourth-order valence-electron chi connectivity index (χ4n) is 1.61. The van der Waals surface area contributed by atoms with Crippen molar-refractivity contribution in [1.29, 1.82) is 0 Å². The van der Waals surface area contributed by atoms with Crippen LogP contribution in [0, 0.1) is 13.8 Å². The standard InChI is InChI=1S/C10H15N5S/c1-6-8(7(2)15(3)14-6)4-12-10-13-5-9(11)16-10/h5H,4,11H2,1-3H3,(H,12,13). The summed E-state index contributed by atoms with van der Waals surface area (Å²) in [6.07, 6.45) is 1.66. The topological polar surface area (TPSA) is 68.8 Å². The minimum Gasteiger partial charge on any atom is -0.389 e. The minimum atomic E-state index is 0.724. The Morgan fingerprint density at radius 3 is 2.75 bits per heavy atom. The fraction of sp³-hybridized carbons (Fsp3) is 0.400. The van der Waals surface area contributed by atoms with Gasteiger partial charge in [0.25, 0.3) is 0 Å². The Balaban J connectivity index is 2.10. The van der Waals surface area contributed by atoms with Crippen LogP contribution in [0.25, 0.3) is 0 Å². The Labute approximate surface area is 98.3 Å². The van der Waals surface area contributed by atoms with Crippen molar-refractivity contribution in [2.45, 2.75) is 20.4 Å². The van der Waals surface area contributed by atoms with Crippen molar-refractivity contribution in [2.75, 3.05) is 11.1 Å². The Morgan fingerprint density at radius 2 is 2.25 bits per heavy atom. The predicted octanol–water partition coefficient (Wildman–Crippen LogP) is 1.69. The maximum absolute atomic E-state index is 5.61. The van der Waals surface area contributed by atoms with E-state index in [1.165, 1.54) is 22.6 Å². The lowest BCUT2D eigenvalue weighted by molar-refractivity contribution is 0.730. The first kappa shape index (κ1) is 10.9. The van der Waals surface area contributed by atoms with Crippen molar-refractivity contribution in [2.24, 2.45) is 7.05 Å². The molecule has 2 rings (SSSR count). The van der Waals surface area contributed by atoms with E-state index in [1.807, 2.05) is 18.7 Å². The van der Waals surface area contributed by atoms with E-state index in [9.17, 15) is 0 Å². The highest BCUT2D eigenvalue weighted by molar-refractivity contribution is 7.19. The number of aromatic nitrogens is 3. The van der Waals surface area contributed by atoms with Gasteiger partial charge in [0.05, 0.1) is 11.9 Å². The van der Waals surface area contributed by atoms with Crippen LogP contribution < -0.4 is 11.1 Å². The van der Waals surface area contributed by atoms with Gasteiger partial charge in [0.15, 0.2) is 5.13 Å². The lowest BCUT2D eigenvalue weighted by Crippen LogP contribution is -2.01. The van der Waals surface area contributed by atoms with Gasteiger partial charge in [-0.25, -0.2) is 4.98 Å². The Morgan fingerprint density at radius 1 is 1.50 bits per heavy atom. The molecular formula is C10H15N5S. The smallest absolute Gasteiger partial charge is 0.184 e. The van der Waals surface area contributed by atoms with Crippen LogP contribution in [0.5, 0.6) is 0 Å². The molecule has 6 heteroatoms. The summed E-state index contributed by atoms with van der Waals surface area (Å²) in [6, 6.07) is 0. The number of nitrogens with two attached hydrogens (primary N) is 1. The molecule has 0 spiro atoms. The molecular weight excluding hydrogens is 222 g/mol. The van der Waals surface area contributed by atoms with Gasteiger partial charge in [-0.15, -0.1) is 0 Å². The Hall–Kier alpha value is -1.56. The van der Waals surface area contributed by atoms with Crippen molar-refractivity contribution in [3.63, 3.8) is 0 Å². The summed E-state index contributed by atoms with van der Waals surface area (Å²) in [4.78, 5) is 4.15. The van der Waals surface area contributed by atoms with E-state index in [1.54, 1.807) is 6.20 Å². The first-order valence-electron chi connectivity index (χ1n) is 5.02. The van der Waals surface area contributed by atoms with Gasteiger partial charge in [0, 0.05) is 24.8 Å². The van der Waals surface area contributed by atoms with Gasteiger partial charge in [-0.1, -0.05) is 11.3 Å². The van der Waals surface area contributed by atoms with Crippen LogP contribution in [-0.2, 0) is 13.6 Å². The largest absolute Gasteiger partial charge is 0.389 e. The van der Waals surface area contributed by atoms with E-state index in [0.717, 1.165) is 22.4 Å². The van der Waals surface area contributed by atoms with Crippen molar-refractivity contribution in [3.8, 4) is 0 Å². The second-order valence-corrected chi connectivity index (χ2v) is 4.76. The Kier molecular flexibility index (Phi) is 2.82. The number of anilines is 2. The van der Waals surface area contributed by atoms with Gasteiger partial charge in [0.2, 0.25) is 0 Å². The molecule has 0 fully saturated rings. The van der Waals surface area contributed by atoms with Crippen molar-refractivity contribution >= 4 is 21.5 Å². The molecule has 0 aliphatic rings. The number of nitrogen functional groups attached to an aromatic ring is 1.